The van der Waals surface area contributed by atoms with Crippen LogP contribution in [0, 0.1) is 0 Å². The number of aromatic nitrogens is 1. The molecule has 0 aliphatic carbocycles. The van der Waals surface area contributed by atoms with Crippen LogP contribution in [-0.2, 0) is 14.8 Å². The van der Waals surface area contributed by atoms with Crippen molar-refractivity contribution in [1.82, 2.24) is 10.3 Å². The van der Waals surface area contributed by atoms with Gasteiger partial charge in [0.05, 0.1) is 30.3 Å². The zero-order valence-corrected chi connectivity index (χ0v) is 18.5. The number of hydrogen-bond acceptors (Lipinski definition) is 7. The van der Waals surface area contributed by atoms with Crippen LogP contribution in [0.5, 0.6) is 11.5 Å². The highest BCUT2D eigenvalue weighted by molar-refractivity contribution is 7.93. The molecule has 8 nitrogen and oxygen atoms in total. The fourth-order valence-corrected chi connectivity index (χ4v) is 5.30. The quantitative estimate of drug-likeness (QED) is 0.584. The van der Waals surface area contributed by atoms with Gasteiger partial charge in [0.15, 0.2) is 5.13 Å². The van der Waals surface area contributed by atoms with E-state index < -0.39 is 10.0 Å². The van der Waals surface area contributed by atoms with Gasteiger partial charge in [-0.15, -0.1) is 11.3 Å². The molecule has 0 saturated heterocycles. The first-order chi connectivity index (χ1) is 14.9. The minimum Gasteiger partial charge on any atom is -0.497 e. The molecule has 0 spiro atoms. The maximum absolute atomic E-state index is 12.6. The number of nitrogens with zero attached hydrogens (tertiary/aromatic N) is 1. The molecular formula is C21H21N3O5S2. The van der Waals surface area contributed by atoms with E-state index in [-0.39, 0.29) is 22.0 Å². The van der Waals surface area contributed by atoms with Crippen LogP contribution in [-0.4, -0.2) is 33.0 Å². The number of sulfonamides is 1. The van der Waals surface area contributed by atoms with Crippen molar-refractivity contribution in [3.05, 3.63) is 53.4 Å². The third-order valence-electron chi connectivity index (χ3n) is 4.82. The highest BCUT2D eigenvalue weighted by atomic mass is 32.2. The Kier molecular flexibility index (Phi) is 5.84. The molecule has 10 heteroatoms. The van der Waals surface area contributed by atoms with Crippen LogP contribution in [0.15, 0.2) is 52.7 Å². The van der Waals surface area contributed by atoms with E-state index >= 15 is 0 Å². The number of carbonyl (C=O) groups excluding carboxylic acids is 1. The van der Waals surface area contributed by atoms with Crippen molar-refractivity contribution >= 4 is 32.4 Å². The second kappa shape index (κ2) is 8.56. The lowest BCUT2D eigenvalue weighted by atomic mass is 9.97. The minimum absolute atomic E-state index is 0.105. The molecule has 1 aromatic heterocycles. The first-order valence-corrected chi connectivity index (χ1v) is 11.9. The van der Waals surface area contributed by atoms with Crippen LogP contribution in [0.4, 0.5) is 5.13 Å². The Bertz CT molecular complexity index is 1210. The van der Waals surface area contributed by atoms with Gasteiger partial charge in [0.1, 0.15) is 11.5 Å². The van der Waals surface area contributed by atoms with Gasteiger partial charge in [-0.1, -0.05) is 0 Å². The van der Waals surface area contributed by atoms with E-state index in [4.69, 9.17) is 9.47 Å². The van der Waals surface area contributed by atoms with Crippen molar-refractivity contribution in [2.75, 3.05) is 18.4 Å². The maximum atomic E-state index is 12.6. The Balaban J connectivity index is 1.57. The van der Waals surface area contributed by atoms with Crippen LogP contribution < -0.4 is 19.5 Å². The second-order valence-electron chi connectivity index (χ2n) is 6.96. The smallest absolute Gasteiger partial charge is 0.263 e. The highest BCUT2D eigenvalue weighted by Gasteiger charge is 2.23. The first kappa shape index (κ1) is 21.1. The third kappa shape index (κ3) is 4.64. The lowest BCUT2D eigenvalue weighted by molar-refractivity contribution is -0.119. The molecule has 0 radical (unpaired) electrons. The highest BCUT2D eigenvalue weighted by Crippen LogP contribution is 2.36. The molecule has 1 aliphatic heterocycles. The number of carbonyl (C=O) groups is 1. The van der Waals surface area contributed by atoms with E-state index in [9.17, 15) is 13.2 Å². The topological polar surface area (TPSA) is 107 Å². The average molecular weight is 460 g/mol. The third-order valence-corrected chi connectivity index (χ3v) is 7.06. The molecule has 2 aromatic carbocycles. The van der Waals surface area contributed by atoms with Crippen molar-refractivity contribution in [3.63, 3.8) is 0 Å². The fraction of sp³-hybridized carbons (Fsp3) is 0.238. The number of rotatable bonds is 6. The summed E-state index contributed by atoms with van der Waals surface area (Å²) in [6.07, 6.45) is 0.681. The lowest BCUT2D eigenvalue weighted by Crippen LogP contribution is -2.30. The molecule has 1 unspecified atom stereocenters. The number of methoxy groups -OCH3 is 1. The monoisotopic (exact) mass is 459 g/mol. The Morgan fingerprint density at radius 3 is 2.71 bits per heavy atom. The van der Waals surface area contributed by atoms with E-state index in [0.29, 0.717) is 24.5 Å². The molecule has 31 heavy (non-hydrogen) atoms. The van der Waals surface area contributed by atoms with Gasteiger partial charge in [-0.3, -0.25) is 9.52 Å². The lowest BCUT2D eigenvalue weighted by Gasteiger charge is -2.26. The zero-order valence-electron chi connectivity index (χ0n) is 16.9. The number of thiazole rings is 1. The Hall–Kier alpha value is -3.11. The summed E-state index contributed by atoms with van der Waals surface area (Å²) in [6.45, 7) is 2.02. The maximum Gasteiger partial charge on any atom is 0.263 e. The molecule has 3 aromatic rings. The molecule has 0 bridgehead atoms. The Morgan fingerprint density at radius 2 is 2.00 bits per heavy atom. The van der Waals surface area contributed by atoms with Gasteiger partial charge in [0, 0.05) is 29.9 Å². The van der Waals surface area contributed by atoms with Crippen molar-refractivity contribution in [1.29, 1.82) is 0 Å². The predicted octanol–water partition coefficient (Wildman–Crippen LogP) is 3.58. The molecular weight excluding hydrogens is 438 g/mol. The van der Waals surface area contributed by atoms with Crippen molar-refractivity contribution in [2.45, 2.75) is 24.3 Å². The van der Waals surface area contributed by atoms with Gasteiger partial charge in [0.2, 0.25) is 5.91 Å². The van der Waals surface area contributed by atoms with Gasteiger partial charge in [-0.2, -0.15) is 0 Å². The number of benzene rings is 2. The molecule has 1 atom stereocenters. The largest absolute Gasteiger partial charge is 0.497 e. The van der Waals surface area contributed by atoms with E-state index in [2.05, 4.69) is 15.0 Å². The van der Waals surface area contributed by atoms with Crippen LogP contribution in [0.1, 0.15) is 24.9 Å². The van der Waals surface area contributed by atoms with Crippen LogP contribution in [0.3, 0.4) is 0 Å². The van der Waals surface area contributed by atoms with Crippen molar-refractivity contribution < 1.29 is 22.7 Å². The van der Waals surface area contributed by atoms with E-state index in [1.807, 2.05) is 18.2 Å². The number of ether oxygens (including phenoxy) is 2. The molecule has 2 N–H and O–H groups in total. The summed E-state index contributed by atoms with van der Waals surface area (Å²) in [5, 5.41) is 4.99. The van der Waals surface area contributed by atoms with Gasteiger partial charge >= 0.3 is 0 Å². The standard InChI is InChI=1S/C21H21N3O5S2/c1-13(25)22-18-9-10-29-20-8-3-14(11-17(18)20)19-12-30-21(23-19)24-31(26,27)16-6-4-15(28-2)5-7-16/h3-8,11-12,18H,9-10H2,1-2H3,(H,22,25)(H,23,24). The van der Waals surface area contributed by atoms with Crippen molar-refractivity contribution in [2.24, 2.45) is 0 Å². The zero-order chi connectivity index (χ0) is 22.0. The Morgan fingerprint density at radius 1 is 1.23 bits per heavy atom. The van der Waals surface area contributed by atoms with Crippen LogP contribution in [0.2, 0.25) is 0 Å². The molecule has 1 aliphatic rings. The number of anilines is 1. The first-order valence-electron chi connectivity index (χ1n) is 9.52. The molecule has 1 amide bonds. The summed E-state index contributed by atoms with van der Waals surface area (Å²) in [5.41, 5.74) is 2.32. The van der Waals surface area contributed by atoms with Crippen molar-refractivity contribution in [3.8, 4) is 22.8 Å². The van der Waals surface area contributed by atoms with Crippen LogP contribution in [0.25, 0.3) is 11.3 Å². The molecule has 162 valence electrons. The van der Waals surface area contributed by atoms with Gasteiger partial charge in [-0.05, 0) is 42.5 Å². The minimum atomic E-state index is -3.77. The number of fused-ring (bicyclic) bond motifs is 1. The summed E-state index contributed by atoms with van der Waals surface area (Å²) in [7, 11) is -2.25. The average Bonchev–Trinajstić information content (AvgIpc) is 3.21. The van der Waals surface area contributed by atoms with Crippen LogP contribution >= 0.6 is 11.3 Å². The summed E-state index contributed by atoms with van der Waals surface area (Å²) in [5.74, 6) is 1.20. The number of nitrogens with one attached hydrogen (secondary N) is 2. The molecule has 4 rings (SSSR count). The molecule has 2 heterocycles. The summed E-state index contributed by atoms with van der Waals surface area (Å²) in [6, 6.07) is 11.6. The SMILES string of the molecule is COc1ccc(S(=O)(=O)Nc2nc(-c3ccc4c(c3)C(NC(C)=O)CCO4)cs2)cc1. The number of hydrogen-bond donors (Lipinski definition) is 2. The van der Waals surface area contributed by atoms with Gasteiger partial charge in [0.25, 0.3) is 10.0 Å². The predicted molar refractivity (Wildman–Crippen MR) is 118 cm³/mol. The normalized spacial score (nSPS) is 15.5. The Labute approximate surface area is 184 Å². The van der Waals surface area contributed by atoms with Gasteiger partial charge < -0.3 is 14.8 Å². The second-order valence-corrected chi connectivity index (χ2v) is 9.50. The molecule has 0 fully saturated rings. The summed E-state index contributed by atoms with van der Waals surface area (Å²) in [4.78, 5) is 16.1. The molecule has 0 saturated carbocycles. The van der Waals surface area contributed by atoms with E-state index in [1.165, 1.54) is 37.5 Å². The summed E-state index contributed by atoms with van der Waals surface area (Å²) >= 11 is 1.20. The van der Waals surface area contributed by atoms with E-state index in [1.54, 1.807) is 17.5 Å². The summed E-state index contributed by atoms with van der Waals surface area (Å²) < 4.78 is 38.6. The van der Waals surface area contributed by atoms with E-state index in [0.717, 1.165) is 16.9 Å². The van der Waals surface area contributed by atoms with Gasteiger partial charge in [-0.25, -0.2) is 13.4 Å². The fourth-order valence-electron chi connectivity index (χ4n) is 3.33. The number of amides is 1.